The monoisotopic (exact) mass is 356 g/mol. The molecule has 0 aliphatic carbocycles. The summed E-state index contributed by atoms with van der Waals surface area (Å²) in [4.78, 5) is 14.0. The number of alkyl carbamates (subject to hydrolysis) is 1. The highest BCUT2D eigenvalue weighted by atomic mass is 16.5. The smallest absolute Gasteiger partial charge is 0.407 e. The summed E-state index contributed by atoms with van der Waals surface area (Å²) in [7, 11) is 0. The number of aliphatic hydroxyl groups excluding tert-OH is 1. The summed E-state index contributed by atoms with van der Waals surface area (Å²) in [6.45, 7) is 3.52. The van der Waals surface area contributed by atoms with Gasteiger partial charge in [0.05, 0.1) is 25.9 Å². The lowest BCUT2D eigenvalue weighted by atomic mass is 10.1. The number of nitrogens with zero attached hydrogens (tertiary/aromatic N) is 1. The number of morpholine rings is 1. The fourth-order valence-electron chi connectivity index (χ4n) is 2.80. The molecule has 1 heterocycles. The number of carbonyl (C=O) groups is 1. The van der Waals surface area contributed by atoms with Gasteiger partial charge >= 0.3 is 6.09 Å². The molecule has 6 heteroatoms. The van der Waals surface area contributed by atoms with Crippen LogP contribution in [0.4, 0.5) is 10.5 Å². The number of hydrogen-bond donors (Lipinski definition) is 2. The molecule has 1 unspecified atom stereocenters. The number of hydrogen-bond acceptors (Lipinski definition) is 5. The molecule has 1 amide bonds. The predicted octanol–water partition coefficient (Wildman–Crippen LogP) is 2.48. The summed E-state index contributed by atoms with van der Waals surface area (Å²) < 4.78 is 10.5. The van der Waals surface area contributed by atoms with E-state index in [-0.39, 0.29) is 13.2 Å². The summed E-state index contributed by atoms with van der Waals surface area (Å²) >= 11 is 0. The first-order valence-corrected chi connectivity index (χ1v) is 8.77. The van der Waals surface area contributed by atoms with Crippen LogP contribution in [0.2, 0.25) is 0 Å². The van der Waals surface area contributed by atoms with Crippen molar-refractivity contribution in [3.63, 3.8) is 0 Å². The molecule has 1 aliphatic heterocycles. The minimum atomic E-state index is -0.780. The summed E-state index contributed by atoms with van der Waals surface area (Å²) in [5.74, 6) is 0. The lowest BCUT2D eigenvalue weighted by molar-refractivity contribution is 0.122. The van der Waals surface area contributed by atoms with Crippen LogP contribution in [0.15, 0.2) is 54.6 Å². The lowest BCUT2D eigenvalue weighted by Gasteiger charge is -2.29. The van der Waals surface area contributed by atoms with Crippen molar-refractivity contribution >= 4 is 11.8 Å². The standard InChI is InChI=1S/C20H24N2O4/c23-19(14-21-20(24)26-15-16-4-2-1-3-5-16)17-6-8-18(9-7-17)22-10-12-25-13-11-22/h1-9,19,23H,10-15H2,(H,21,24). The van der Waals surface area contributed by atoms with Crippen LogP contribution < -0.4 is 10.2 Å². The Kier molecular flexibility index (Phi) is 6.46. The van der Waals surface area contributed by atoms with Gasteiger partial charge in [-0.1, -0.05) is 42.5 Å². The molecular formula is C20H24N2O4. The second kappa shape index (κ2) is 9.22. The van der Waals surface area contributed by atoms with E-state index in [0.717, 1.165) is 43.1 Å². The van der Waals surface area contributed by atoms with Gasteiger partial charge in [0.1, 0.15) is 6.61 Å². The Balaban J connectivity index is 1.43. The molecule has 2 aromatic rings. The van der Waals surface area contributed by atoms with Crippen molar-refractivity contribution in [1.82, 2.24) is 5.32 Å². The van der Waals surface area contributed by atoms with Crippen molar-refractivity contribution in [3.05, 3.63) is 65.7 Å². The van der Waals surface area contributed by atoms with Crippen LogP contribution in [0.25, 0.3) is 0 Å². The number of ether oxygens (including phenoxy) is 2. The van der Waals surface area contributed by atoms with Crippen molar-refractivity contribution in [2.24, 2.45) is 0 Å². The van der Waals surface area contributed by atoms with Crippen LogP contribution in [0, 0.1) is 0 Å². The topological polar surface area (TPSA) is 71.0 Å². The van der Waals surface area contributed by atoms with Gasteiger partial charge in [0, 0.05) is 18.8 Å². The SMILES string of the molecule is O=C(NCC(O)c1ccc(N2CCOCC2)cc1)OCc1ccccc1. The maximum atomic E-state index is 11.7. The Morgan fingerprint density at radius 2 is 1.81 bits per heavy atom. The highest BCUT2D eigenvalue weighted by molar-refractivity contribution is 5.67. The summed E-state index contributed by atoms with van der Waals surface area (Å²) in [6.07, 6.45) is -1.32. The average Bonchev–Trinajstić information content (AvgIpc) is 2.72. The molecule has 1 atom stereocenters. The average molecular weight is 356 g/mol. The number of nitrogens with one attached hydrogen (secondary N) is 1. The summed E-state index contributed by atoms with van der Waals surface area (Å²) in [5, 5.41) is 12.8. The molecule has 1 saturated heterocycles. The third-order valence-corrected chi connectivity index (χ3v) is 4.31. The van der Waals surface area contributed by atoms with Gasteiger partial charge in [-0.15, -0.1) is 0 Å². The minimum absolute atomic E-state index is 0.102. The Bertz CT molecular complexity index is 685. The first-order valence-electron chi connectivity index (χ1n) is 8.77. The van der Waals surface area contributed by atoms with Gasteiger partial charge in [-0.3, -0.25) is 0 Å². The predicted molar refractivity (Wildman–Crippen MR) is 99.1 cm³/mol. The van der Waals surface area contributed by atoms with Crippen LogP contribution >= 0.6 is 0 Å². The van der Waals surface area contributed by atoms with Crippen LogP contribution in [-0.4, -0.2) is 44.0 Å². The van der Waals surface area contributed by atoms with Crippen LogP contribution in [0.3, 0.4) is 0 Å². The Morgan fingerprint density at radius 1 is 1.12 bits per heavy atom. The molecule has 0 aromatic heterocycles. The fourth-order valence-corrected chi connectivity index (χ4v) is 2.80. The Morgan fingerprint density at radius 3 is 2.50 bits per heavy atom. The van der Waals surface area contributed by atoms with E-state index in [9.17, 15) is 9.90 Å². The van der Waals surface area contributed by atoms with E-state index in [1.165, 1.54) is 0 Å². The van der Waals surface area contributed by atoms with E-state index >= 15 is 0 Å². The zero-order valence-corrected chi connectivity index (χ0v) is 14.6. The van der Waals surface area contributed by atoms with Crippen molar-refractivity contribution in [2.45, 2.75) is 12.7 Å². The Hall–Kier alpha value is -2.57. The second-order valence-corrected chi connectivity index (χ2v) is 6.15. The van der Waals surface area contributed by atoms with Crippen molar-refractivity contribution < 1.29 is 19.4 Å². The van der Waals surface area contributed by atoms with Gasteiger partial charge in [-0.25, -0.2) is 4.79 Å². The third kappa shape index (κ3) is 5.21. The van der Waals surface area contributed by atoms with Crippen LogP contribution in [-0.2, 0) is 16.1 Å². The number of benzene rings is 2. The van der Waals surface area contributed by atoms with Gasteiger partial charge in [0.2, 0.25) is 0 Å². The van der Waals surface area contributed by atoms with Crippen molar-refractivity contribution in [2.75, 3.05) is 37.7 Å². The molecule has 6 nitrogen and oxygen atoms in total. The molecule has 0 spiro atoms. The number of amides is 1. The Labute approximate surface area is 153 Å². The van der Waals surface area contributed by atoms with Gasteiger partial charge in [0.15, 0.2) is 0 Å². The molecule has 0 bridgehead atoms. The van der Waals surface area contributed by atoms with Crippen LogP contribution in [0.1, 0.15) is 17.2 Å². The van der Waals surface area contributed by atoms with Gasteiger partial charge in [-0.2, -0.15) is 0 Å². The minimum Gasteiger partial charge on any atom is -0.445 e. The molecule has 0 radical (unpaired) electrons. The van der Waals surface area contributed by atoms with E-state index in [2.05, 4.69) is 10.2 Å². The zero-order valence-electron chi connectivity index (χ0n) is 14.6. The molecule has 2 N–H and O–H groups in total. The fraction of sp³-hybridized carbons (Fsp3) is 0.350. The normalized spacial score (nSPS) is 15.3. The van der Waals surface area contributed by atoms with Gasteiger partial charge < -0.3 is 24.8 Å². The maximum absolute atomic E-state index is 11.7. The maximum Gasteiger partial charge on any atom is 0.407 e. The van der Waals surface area contributed by atoms with Crippen LogP contribution in [0.5, 0.6) is 0 Å². The molecule has 1 aliphatic rings. The van der Waals surface area contributed by atoms with Crippen molar-refractivity contribution in [3.8, 4) is 0 Å². The molecule has 138 valence electrons. The van der Waals surface area contributed by atoms with E-state index in [0.29, 0.717) is 0 Å². The number of anilines is 1. The number of rotatable bonds is 6. The number of aliphatic hydroxyl groups is 1. The molecule has 26 heavy (non-hydrogen) atoms. The molecular weight excluding hydrogens is 332 g/mol. The quantitative estimate of drug-likeness (QED) is 0.832. The highest BCUT2D eigenvalue weighted by Gasteiger charge is 2.13. The molecule has 3 rings (SSSR count). The van der Waals surface area contributed by atoms with E-state index in [1.54, 1.807) is 0 Å². The molecule has 2 aromatic carbocycles. The molecule has 1 fully saturated rings. The first-order chi connectivity index (χ1) is 12.7. The summed E-state index contributed by atoms with van der Waals surface area (Å²) in [6, 6.07) is 17.2. The van der Waals surface area contributed by atoms with Gasteiger partial charge in [-0.05, 0) is 23.3 Å². The van der Waals surface area contributed by atoms with Crippen molar-refractivity contribution in [1.29, 1.82) is 0 Å². The highest BCUT2D eigenvalue weighted by Crippen LogP contribution is 2.20. The van der Waals surface area contributed by atoms with E-state index < -0.39 is 12.2 Å². The van der Waals surface area contributed by atoms with Gasteiger partial charge in [0.25, 0.3) is 0 Å². The second-order valence-electron chi connectivity index (χ2n) is 6.15. The van der Waals surface area contributed by atoms with E-state index in [4.69, 9.17) is 9.47 Å². The lowest BCUT2D eigenvalue weighted by Crippen LogP contribution is -2.36. The third-order valence-electron chi connectivity index (χ3n) is 4.31. The first kappa shape index (κ1) is 18.2. The largest absolute Gasteiger partial charge is 0.445 e. The molecule has 0 saturated carbocycles. The summed E-state index contributed by atoms with van der Waals surface area (Å²) in [5.41, 5.74) is 2.78. The zero-order chi connectivity index (χ0) is 18.2. The van der Waals surface area contributed by atoms with E-state index in [1.807, 2.05) is 54.6 Å². The number of carbonyl (C=O) groups excluding carboxylic acids is 1.